The molecule has 3 nitrogen and oxygen atoms in total. The van der Waals surface area contributed by atoms with Gasteiger partial charge in [0.25, 0.3) is 0 Å². The number of ether oxygens (including phenoxy) is 2. The largest absolute Gasteiger partial charge is 0.494 e. The third-order valence-electron chi connectivity index (χ3n) is 4.55. The normalized spacial score (nSPS) is 17.2. The van der Waals surface area contributed by atoms with Crippen molar-refractivity contribution in [3.8, 4) is 11.5 Å². The van der Waals surface area contributed by atoms with Gasteiger partial charge in [0.15, 0.2) is 0 Å². The lowest BCUT2D eigenvalue weighted by Crippen LogP contribution is -2.16. The summed E-state index contributed by atoms with van der Waals surface area (Å²) in [7, 11) is 0. The number of rotatable bonds is 9. The van der Waals surface area contributed by atoms with Gasteiger partial charge >= 0.3 is 5.97 Å². The van der Waals surface area contributed by atoms with Crippen LogP contribution in [-0.2, 0) is 4.79 Å². The van der Waals surface area contributed by atoms with Gasteiger partial charge in [-0.2, -0.15) is 0 Å². The highest BCUT2D eigenvalue weighted by atomic mass is 16.5. The fourth-order valence-corrected chi connectivity index (χ4v) is 2.94. The lowest BCUT2D eigenvalue weighted by molar-refractivity contribution is -0.130. The molecule has 0 saturated heterocycles. The first-order valence-electron chi connectivity index (χ1n) is 9.37. The van der Waals surface area contributed by atoms with Crippen molar-refractivity contribution in [1.82, 2.24) is 0 Å². The van der Waals surface area contributed by atoms with E-state index in [0.29, 0.717) is 5.75 Å². The average molecular weight is 330 g/mol. The van der Waals surface area contributed by atoms with E-state index < -0.39 is 0 Å². The van der Waals surface area contributed by atoms with E-state index in [2.05, 4.69) is 19.9 Å². The minimum atomic E-state index is -0.205. The highest BCUT2D eigenvalue weighted by Gasteiger charge is 2.19. The molecule has 1 aliphatic carbocycles. The number of carbonyl (C=O) groups is 1. The van der Waals surface area contributed by atoms with Crippen LogP contribution in [0.3, 0.4) is 0 Å². The number of unbranched alkanes of at least 4 members (excludes halogenated alkanes) is 2. The molecule has 24 heavy (non-hydrogen) atoms. The van der Waals surface area contributed by atoms with Gasteiger partial charge in [-0.25, -0.2) is 4.79 Å². The van der Waals surface area contributed by atoms with Crippen molar-refractivity contribution in [3.63, 3.8) is 0 Å². The Labute approximate surface area is 146 Å². The Balaban J connectivity index is 1.80. The standard InChI is InChI=1S/C21H30O3/c1-3-5-7-17-8-10-18(11-9-17)21(22)24-20-14-12-19(13-15-20)23-16-6-4-2/h10,12-15,17H,3-9,11,16H2,1-2H3. The summed E-state index contributed by atoms with van der Waals surface area (Å²) >= 11 is 0. The lowest BCUT2D eigenvalue weighted by atomic mass is 9.86. The summed E-state index contributed by atoms with van der Waals surface area (Å²) in [6.45, 7) is 5.08. The van der Waals surface area contributed by atoms with Crippen LogP contribution in [0.5, 0.6) is 11.5 Å². The number of carbonyl (C=O) groups excluding carboxylic acids is 1. The molecule has 1 unspecified atom stereocenters. The van der Waals surface area contributed by atoms with Gasteiger partial charge in [0.2, 0.25) is 0 Å². The summed E-state index contributed by atoms with van der Waals surface area (Å²) in [6.07, 6.45) is 11.0. The molecule has 1 aromatic carbocycles. The molecule has 2 rings (SSSR count). The van der Waals surface area contributed by atoms with Crippen LogP contribution in [0.1, 0.15) is 65.2 Å². The quantitative estimate of drug-likeness (QED) is 0.331. The Morgan fingerprint density at radius 1 is 1.08 bits per heavy atom. The number of hydrogen-bond donors (Lipinski definition) is 0. The summed E-state index contributed by atoms with van der Waals surface area (Å²) in [5.41, 5.74) is 0.825. The zero-order chi connectivity index (χ0) is 17.2. The Hall–Kier alpha value is -1.77. The third kappa shape index (κ3) is 6.03. The van der Waals surface area contributed by atoms with Crippen molar-refractivity contribution in [2.75, 3.05) is 6.61 Å². The van der Waals surface area contributed by atoms with Crippen LogP contribution in [-0.4, -0.2) is 12.6 Å². The molecule has 0 radical (unpaired) electrons. The maximum atomic E-state index is 12.3. The van der Waals surface area contributed by atoms with Crippen LogP contribution in [0.15, 0.2) is 35.9 Å². The molecule has 0 heterocycles. The molecule has 1 atom stereocenters. The summed E-state index contributed by atoms with van der Waals surface area (Å²) in [5.74, 6) is 1.93. The van der Waals surface area contributed by atoms with Crippen molar-refractivity contribution >= 4 is 5.97 Å². The maximum absolute atomic E-state index is 12.3. The first-order valence-corrected chi connectivity index (χ1v) is 9.37. The van der Waals surface area contributed by atoms with E-state index in [1.165, 1.54) is 19.3 Å². The fourth-order valence-electron chi connectivity index (χ4n) is 2.94. The van der Waals surface area contributed by atoms with Gasteiger partial charge in [0.1, 0.15) is 11.5 Å². The van der Waals surface area contributed by atoms with E-state index in [0.717, 1.165) is 56.0 Å². The first-order chi connectivity index (χ1) is 11.7. The van der Waals surface area contributed by atoms with Crippen molar-refractivity contribution < 1.29 is 14.3 Å². The van der Waals surface area contributed by atoms with Gasteiger partial charge in [-0.15, -0.1) is 0 Å². The summed E-state index contributed by atoms with van der Waals surface area (Å²) in [4.78, 5) is 12.3. The minimum absolute atomic E-state index is 0.205. The summed E-state index contributed by atoms with van der Waals surface area (Å²) < 4.78 is 11.1. The number of hydrogen-bond acceptors (Lipinski definition) is 3. The highest BCUT2D eigenvalue weighted by Crippen LogP contribution is 2.28. The van der Waals surface area contributed by atoms with Crippen LogP contribution >= 0.6 is 0 Å². The zero-order valence-corrected chi connectivity index (χ0v) is 15.1. The van der Waals surface area contributed by atoms with Gasteiger partial charge in [-0.05, 0) is 55.9 Å². The summed E-state index contributed by atoms with van der Waals surface area (Å²) in [6, 6.07) is 7.31. The molecule has 0 aromatic heterocycles. The van der Waals surface area contributed by atoms with Gasteiger partial charge in [0.05, 0.1) is 6.61 Å². The molecule has 1 aliphatic rings. The minimum Gasteiger partial charge on any atom is -0.494 e. The Kier molecular flexibility index (Phi) is 7.87. The Bertz CT molecular complexity index is 531. The molecule has 1 aromatic rings. The van der Waals surface area contributed by atoms with E-state index in [4.69, 9.17) is 9.47 Å². The maximum Gasteiger partial charge on any atom is 0.339 e. The number of allylic oxidation sites excluding steroid dienone is 1. The van der Waals surface area contributed by atoms with Crippen molar-refractivity contribution in [1.29, 1.82) is 0 Å². The second-order valence-electron chi connectivity index (χ2n) is 6.57. The van der Waals surface area contributed by atoms with Crippen LogP contribution in [0.25, 0.3) is 0 Å². The molecular weight excluding hydrogens is 300 g/mol. The Morgan fingerprint density at radius 3 is 2.42 bits per heavy atom. The van der Waals surface area contributed by atoms with E-state index in [9.17, 15) is 4.79 Å². The van der Waals surface area contributed by atoms with E-state index in [1.54, 1.807) is 12.1 Å². The molecule has 0 bridgehead atoms. The molecule has 0 fully saturated rings. The monoisotopic (exact) mass is 330 g/mol. The molecule has 0 saturated carbocycles. The van der Waals surface area contributed by atoms with Crippen LogP contribution in [0, 0.1) is 5.92 Å². The van der Waals surface area contributed by atoms with Crippen molar-refractivity contribution in [2.24, 2.45) is 5.92 Å². The zero-order valence-electron chi connectivity index (χ0n) is 15.1. The van der Waals surface area contributed by atoms with E-state index in [-0.39, 0.29) is 5.97 Å². The number of benzene rings is 1. The predicted octanol–water partition coefficient (Wildman–Crippen LogP) is 5.69. The van der Waals surface area contributed by atoms with E-state index >= 15 is 0 Å². The van der Waals surface area contributed by atoms with Gasteiger partial charge in [0, 0.05) is 5.57 Å². The highest BCUT2D eigenvalue weighted by molar-refractivity contribution is 5.90. The van der Waals surface area contributed by atoms with Crippen LogP contribution in [0.4, 0.5) is 0 Å². The SMILES string of the molecule is CCCCOc1ccc(OC(=O)C2=CCC(CCCC)CC2)cc1. The summed E-state index contributed by atoms with van der Waals surface area (Å²) in [5, 5.41) is 0. The lowest BCUT2D eigenvalue weighted by Gasteiger charge is -2.20. The van der Waals surface area contributed by atoms with Gasteiger partial charge in [-0.3, -0.25) is 0 Å². The van der Waals surface area contributed by atoms with Crippen molar-refractivity contribution in [2.45, 2.75) is 65.2 Å². The Morgan fingerprint density at radius 2 is 1.79 bits per heavy atom. The fraction of sp³-hybridized carbons (Fsp3) is 0.571. The second kappa shape index (κ2) is 10.2. The molecule has 0 N–H and O–H groups in total. The van der Waals surface area contributed by atoms with Crippen LogP contribution in [0.2, 0.25) is 0 Å². The molecular formula is C21H30O3. The number of esters is 1. The topological polar surface area (TPSA) is 35.5 Å². The molecule has 0 aliphatic heterocycles. The van der Waals surface area contributed by atoms with E-state index in [1.807, 2.05) is 12.1 Å². The molecule has 0 spiro atoms. The molecule has 0 amide bonds. The molecule has 3 heteroatoms. The average Bonchev–Trinajstić information content (AvgIpc) is 2.62. The first kappa shape index (κ1) is 18.6. The van der Waals surface area contributed by atoms with Gasteiger partial charge < -0.3 is 9.47 Å². The molecule has 132 valence electrons. The third-order valence-corrected chi connectivity index (χ3v) is 4.55. The van der Waals surface area contributed by atoms with Crippen LogP contribution < -0.4 is 9.47 Å². The van der Waals surface area contributed by atoms with Gasteiger partial charge in [-0.1, -0.05) is 45.6 Å². The second-order valence-corrected chi connectivity index (χ2v) is 6.57. The predicted molar refractivity (Wildman–Crippen MR) is 97.4 cm³/mol. The smallest absolute Gasteiger partial charge is 0.339 e. The van der Waals surface area contributed by atoms with Crippen molar-refractivity contribution in [3.05, 3.63) is 35.9 Å².